The summed E-state index contributed by atoms with van der Waals surface area (Å²) in [6.07, 6.45) is 26.9. The minimum Gasteiger partial charge on any atom is -0.393 e. The molecule has 1 saturated heterocycles. The molecule has 0 amide bonds. The number of rotatable bonds is 6. The molecule has 5 aliphatic rings. The molecule has 0 aromatic carbocycles. The summed E-state index contributed by atoms with van der Waals surface area (Å²) in [5.74, 6) is 6.05. The van der Waals surface area contributed by atoms with Crippen molar-refractivity contribution in [1.29, 1.82) is 0 Å². The van der Waals surface area contributed by atoms with Crippen molar-refractivity contribution < 1.29 is 9.84 Å². The van der Waals surface area contributed by atoms with Crippen LogP contribution in [0.5, 0.6) is 0 Å². The highest BCUT2D eigenvalue weighted by molar-refractivity contribution is 4.94. The Hall–Kier alpha value is -0.0800. The summed E-state index contributed by atoms with van der Waals surface area (Å²) in [6, 6.07) is 0. The van der Waals surface area contributed by atoms with Gasteiger partial charge in [-0.2, -0.15) is 0 Å². The Bertz CT molecular complexity index is 495. The smallest absolute Gasteiger partial charge is 0.0844 e. The van der Waals surface area contributed by atoms with E-state index in [0.717, 1.165) is 48.3 Å². The molecule has 5 fully saturated rings. The quantitative estimate of drug-likeness (QED) is 0.491. The lowest BCUT2D eigenvalue weighted by atomic mass is 9.69. The highest BCUT2D eigenvalue weighted by Gasteiger charge is 2.45. The summed E-state index contributed by atoms with van der Waals surface area (Å²) in [6.45, 7) is 0. The van der Waals surface area contributed by atoms with E-state index in [4.69, 9.17) is 4.74 Å². The average Bonchev–Trinajstić information content (AvgIpc) is 3.54. The van der Waals surface area contributed by atoms with Crippen LogP contribution in [-0.2, 0) is 4.74 Å². The van der Waals surface area contributed by atoms with Gasteiger partial charge in [0.2, 0.25) is 0 Å². The van der Waals surface area contributed by atoms with Crippen LogP contribution in [0.15, 0.2) is 0 Å². The van der Waals surface area contributed by atoms with Gasteiger partial charge in [-0.15, -0.1) is 0 Å². The molecule has 4 aliphatic carbocycles. The normalized spacial score (nSPS) is 48.1. The molecule has 4 saturated carbocycles. The van der Waals surface area contributed by atoms with Gasteiger partial charge >= 0.3 is 0 Å². The SMILES string of the molecule is OC1CCC(C2CCC(CCCC3CCC(C4CCC5OC5C4)CC3)CC2)CC1. The molecule has 3 atom stereocenters. The first-order valence-electron chi connectivity index (χ1n) is 13.6. The zero-order valence-electron chi connectivity index (χ0n) is 18.8. The van der Waals surface area contributed by atoms with Crippen molar-refractivity contribution in [2.24, 2.45) is 35.5 Å². The second kappa shape index (κ2) is 9.60. The molecular weight excluding hydrogens is 356 g/mol. The largest absolute Gasteiger partial charge is 0.393 e. The van der Waals surface area contributed by atoms with E-state index in [1.807, 2.05) is 0 Å². The van der Waals surface area contributed by atoms with Gasteiger partial charge in [0.25, 0.3) is 0 Å². The number of epoxide rings is 1. The van der Waals surface area contributed by atoms with Gasteiger partial charge in [-0.25, -0.2) is 0 Å². The van der Waals surface area contributed by atoms with Crippen LogP contribution in [0.4, 0.5) is 0 Å². The average molecular weight is 403 g/mol. The number of hydrogen-bond acceptors (Lipinski definition) is 2. The molecule has 166 valence electrons. The van der Waals surface area contributed by atoms with Crippen molar-refractivity contribution in [3.05, 3.63) is 0 Å². The van der Waals surface area contributed by atoms with E-state index in [2.05, 4.69) is 0 Å². The molecular formula is C27H46O2. The van der Waals surface area contributed by atoms with Gasteiger partial charge in [-0.3, -0.25) is 0 Å². The van der Waals surface area contributed by atoms with Gasteiger partial charge in [0.1, 0.15) is 0 Å². The molecule has 0 bridgehead atoms. The van der Waals surface area contributed by atoms with Crippen molar-refractivity contribution >= 4 is 0 Å². The molecule has 0 aromatic rings. The lowest BCUT2D eigenvalue weighted by Gasteiger charge is -2.37. The van der Waals surface area contributed by atoms with Crippen LogP contribution in [0.3, 0.4) is 0 Å². The Labute approximate surface area is 179 Å². The molecule has 0 aromatic heterocycles. The summed E-state index contributed by atoms with van der Waals surface area (Å²) in [5, 5.41) is 9.76. The van der Waals surface area contributed by atoms with Gasteiger partial charge in [0.15, 0.2) is 0 Å². The van der Waals surface area contributed by atoms with Crippen molar-refractivity contribution in [2.45, 2.75) is 134 Å². The van der Waals surface area contributed by atoms with Gasteiger partial charge < -0.3 is 9.84 Å². The van der Waals surface area contributed by atoms with Crippen LogP contribution in [0.1, 0.15) is 116 Å². The number of fused-ring (bicyclic) bond motifs is 1. The lowest BCUT2D eigenvalue weighted by Crippen LogP contribution is -2.27. The molecule has 1 N–H and O–H groups in total. The molecule has 3 unspecified atom stereocenters. The van der Waals surface area contributed by atoms with Crippen molar-refractivity contribution in [3.8, 4) is 0 Å². The molecule has 29 heavy (non-hydrogen) atoms. The molecule has 2 heteroatoms. The van der Waals surface area contributed by atoms with E-state index >= 15 is 0 Å². The summed E-state index contributed by atoms with van der Waals surface area (Å²) in [4.78, 5) is 0. The van der Waals surface area contributed by atoms with Crippen LogP contribution in [0.25, 0.3) is 0 Å². The van der Waals surface area contributed by atoms with Gasteiger partial charge in [0.05, 0.1) is 18.3 Å². The number of hydrogen-bond donors (Lipinski definition) is 1. The highest BCUT2D eigenvalue weighted by Crippen LogP contribution is 2.47. The van der Waals surface area contributed by atoms with Crippen LogP contribution < -0.4 is 0 Å². The topological polar surface area (TPSA) is 32.8 Å². The van der Waals surface area contributed by atoms with Gasteiger partial charge in [-0.1, -0.05) is 44.9 Å². The first-order valence-corrected chi connectivity index (χ1v) is 13.6. The predicted molar refractivity (Wildman–Crippen MR) is 119 cm³/mol. The van der Waals surface area contributed by atoms with E-state index in [1.54, 1.807) is 0 Å². The second-order valence-corrected chi connectivity index (χ2v) is 11.8. The first-order chi connectivity index (χ1) is 14.2. The minimum atomic E-state index is 0.0138. The fourth-order valence-electron chi connectivity index (χ4n) is 8.03. The van der Waals surface area contributed by atoms with E-state index < -0.39 is 0 Å². The summed E-state index contributed by atoms with van der Waals surface area (Å²) in [5.41, 5.74) is 0. The van der Waals surface area contributed by atoms with Crippen LogP contribution >= 0.6 is 0 Å². The molecule has 0 spiro atoms. The van der Waals surface area contributed by atoms with Crippen molar-refractivity contribution in [3.63, 3.8) is 0 Å². The Morgan fingerprint density at radius 2 is 1.00 bits per heavy atom. The number of aliphatic hydroxyl groups excluding tert-OH is 1. The molecule has 5 rings (SSSR count). The van der Waals surface area contributed by atoms with Crippen molar-refractivity contribution in [1.82, 2.24) is 0 Å². The molecule has 1 aliphatic heterocycles. The standard InChI is InChI=1S/C27H46O2/c28-25-15-12-22(13-16-25)21-8-4-19(5-9-21)2-1-3-20-6-10-23(11-7-20)24-14-17-26-27(18-24)29-26/h19-28H,1-18H2. The summed E-state index contributed by atoms with van der Waals surface area (Å²) < 4.78 is 5.77. The summed E-state index contributed by atoms with van der Waals surface area (Å²) >= 11 is 0. The van der Waals surface area contributed by atoms with E-state index in [1.165, 1.54) is 103 Å². The Morgan fingerprint density at radius 1 is 0.517 bits per heavy atom. The van der Waals surface area contributed by atoms with E-state index in [9.17, 15) is 5.11 Å². The zero-order valence-corrected chi connectivity index (χ0v) is 18.8. The Kier molecular flexibility index (Phi) is 6.88. The fourth-order valence-corrected chi connectivity index (χ4v) is 8.03. The first kappa shape index (κ1) is 20.8. The number of ether oxygens (including phenoxy) is 1. The molecule has 2 nitrogen and oxygen atoms in total. The molecule has 0 radical (unpaired) electrons. The summed E-state index contributed by atoms with van der Waals surface area (Å²) in [7, 11) is 0. The number of aliphatic hydroxyl groups is 1. The second-order valence-electron chi connectivity index (χ2n) is 11.8. The van der Waals surface area contributed by atoms with E-state index in [-0.39, 0.29) is 6.10 Å². The maximum Gasteiger partial charge on any atom is 0.0844 e. The minimum absolute atomic E-state index is 0.0138. The maximum absolute atomic E-state index is 9.76. The Morgan fingerprint density at radius 3 is 1.55 bits per heavy atom. The van der Waals surface area contributed by atoms with Gasteiger partial charge in [-0.05, 0) is 106 Å². The third kappa shape index (κ3) is 5.40. The van der Waals surface area contributed by atoms with Gasteiger partial charge in [0, 0.05) is 0 Å². The molecule has 1 heterocycles. The van der Waals surface area contributed by atoms with E-state index in [0.29, 0.717) is 12.2 Å². The van der Waals surface area contributed by atoms with Crippen LogP contribution in [0, 0.1) is 35.5 Å². The highest BCUT2D eigenvalue weighted by atomic mass is 16.6. The lowest BCUT2D eigenvalue weighted by molar-refractivity contribution is 0.0760. The predicted octanol–water partition coefficient (Wildman–Crippen LogP) is 6.89. The fraction of sp³-hybridized carbons (Fsp3) is 1.00. The van der Waals surface area contributed by atoms with Crippen LogP contribution in [-0.4, -0.2) is 23.4 Å². The monoisotopic (exact) mass is 402 g/mol. The zero-order chi connectivity index (χ0) is 19.6. The Balaban J connectivity index is 0.938. The van der Waals surface area contributed by atoms with Crippen molar-refractivity contribution in [2.75, 3.05) is 0 Å². The maximum atomic E-state index is 9.76. The van der Waals surface area contributed by atoms with Crippen LogP contribution in [0.2, 0.25) is 0 Å². The third-order valence-corrected chi connectivity index (χ3v) is 10.1. The third-order valence-electron chi connectivity index (χ3n) is 10.1.